The van der Waals surface area contributed by atoms with Crippen LogP contribution in [0.25, 0.3) is 0 Å². The standard InChI is InChI=1S/C11H11FN2O/c1-2-14(11(15)6-7-13)10-5-3-4-9(12)8-10/h3-5,8H,2,6H2,1H3. The molecule has 0 unspecified atom stereocenters. The van der Waals surface area contributed by atoms with E-state index in [-0.39, 0.29) is 12.3 Å². The van der Waals surface area contributed by atoms with Gasteiger partial charge in [0.25, 0.3) is 0 Å². The minimum Gasteiger partial charge on any atom is -0.312 e. The monoisotopic (exact) mass is 206 g/mol. The van der Waals surface area contributed by atoms with Crippen molar-refractivity contribution in [2.24, 2.45) is 0 Å². The molecule has 4 heteroatoms. The van der Waals surface area contributed by atoms with Gasteiger partial charge in [0.15, 0.2) is 0 Å². The maximum Gasteiger partial charge on any atom is 0.241 e. The van der Waals surface area contributed by atoms with Crippen LogP contribution in [-0.4, -0.2) is 12.5 Å². The molecule has 0 aliphatic heterocycles. The average Bonchev–Trinajstić information content (AvgIpc) is 2.19. The zero-order chi connectivity index (χ0) is 11.3. The molecular weight excluding hydrogens is 195 g/mol. The van der Waals surface area contributed by atoms with Gasteiger partial charge in [-0.2, -0.15) is 5.26 Å². The van der Waals surface area contributed by atoms with Crippen LogP contribution >= 0.6 is 0 Å². The summed E-state index contributed by atoms with van der Waals surface area (Å²) in [5.74, 6) is -0.707. The van der Waals surface area contributed by atoms with Gasteiger partial charge in [0.1, 0.15) is 12.2 Å². The quantitative estimate of drug-likeness (QED) is 0.760. The fourth-order valence-electron chi connectivity index (χ4n) is 1.31. The third kappa shape index (κ3) is 2.78. The molecule has 0 saturated heterocycles. The highest BCUT2D eigenvalue weighted by Gasteiger charge is 2.13. The zero-order valence-corrected chi connectivity index (χ0v) is 8.40. The Hall–Kier alpha value is -1.89. The van der Waals surface area contributed by atoms with E-state index in [0.717, 1.165) is 0 Å². The van der Waals surface area contributed by atoms with Crippen molar-refractivity contribution < 1.29 is 9.18 Å². The Labute approximate surface area is 87.7 Å². The van der Waals surface area contributed by atoms with Crippen molar-refractivity contribution in [2.45, 2.75) is 13.3 Å². The van der Waals surface area contributed by atoms with Crippen molar-refractivity contribution in [2.75, 3.05) is 11.4 Å². The first-order chi connectivity index (χ1) is 7.19. The third-order valence-corrected chi connectivity index (χ3v) is 1.97. The highest BCUT2D eigenvalue weighted by atomic mass is 19.1. The summed E-state index contributed by atoms with van der Waals surface area (Å²) in [6, 6.07) is 7.55. The molecule has 0 heterocycles. The summed E-state index contributed by atoms with van der Waals surface area (Å²) in [5, 5.41) is 8.41. The molecule has 78 valence electrons. The molecule has 0 bridgehead atoms. The van der Waals surface area contributed by atoms with Crippen molar-refractivity contribution in [3.05, 3.63) is 30.1 Å². The number of carbonyl (C=O) groups excluding carboxylic acids is 1. The van der Waals surface area contributed by atoms with E-state index >= 15 is 0 Å². The second-order valence-electron chi connectivity index (χ2n) is 2.95. The molecular formula is C11H11FN2O. The number of rotatable bonds is 3. The number of anilines is 1. The van der Waals surface area contributed by atoms with Crippen LogP contribution in [0.5, 0.6) is 0 Å². The maximum atomic E-state index is 12.9. The fraction of sp³-hybridized carbons (Fsp3) is 0.273. The Morgan fingerprint density at radius 2 is 2.33 bits per heavy atom. The molecule has 0 fully saturated rings. The molecule has 0 aliphatic carbocycles. The van der Waals surface area contributed by atoms with E-state index in [1.807, 2.05) is 0 Å². The second-order valence-corrected chi connectivity index (χ2v) is 2.95. The summed E-state index contributed by atoms with van der Waals surface area (Å²) in [6.07, 6.45) is -0.190. The molecule has 0 atom stereocenters. The topological polar surface area (TPSA) is 44.1 Å². The van der Waals surface area contributed by atoms with Crippen molar-refractivity contribution >= 4 is 11.6 Å². The Morgan fingerprint density at radius 3 is 2.87 bits per heavy atom. The van der Waals surface area contributed by atoms with Crippen molar-refractivity contribution in [1.82, 2.24) is 0 Å². The molecule has 0 N–H and O–H groups in total. The van der Waals surface area contributed by atoms with Gasteiger partial charge in [-0.3, -0.25) is 4.79 Å². The molecule has 1 rings (SSSR count). The second kappa shape index (κ2) is 5.11. The minimum atomic E-state index is -0.393. The summed E-state index contributed by atoms with van der Waals surface area (Å²) >= 11 is 0. The van der Waals surface area contributed by atoms with E-state index in [1.165, 1.54) is 23.1 Å². The van der Waals surface area contributed by atoms with Crippen LogP contribution < -0.4 is 4.90 Å². The summed E-state index contributed by atoms with van der Waals surface area (Å²) in [7, 11) is 0. The van der Waals surface area contributed by atoms with Gasteiger partial charge >= 0.3 is 0 Å². The summed E-state index contributed by atoms with van der Waals surface area (Å²) in [6.45, 7) is 2.20. The molecule has 3 nitrogen and oxygen atoms in total. The van der Waals surface area contributed by atoms with Gasteiger partial charge in [-0.15, -0.1) is 0 Å². The van der Waals surface area contributed by atoms with Crippen LogP contribution in [0.4, 0.5) is 10.1 Å². The van der Waals surface area contributed by atoms with Crippen LogP contribution in [0.1, 0.15) is 13.3 Å². The van der Waals surface area contributed by atoms with Crippen LogP contribution in [0, 0.1) is 17.1 Å². The first-order valence-corrected chi connectivity index (χ1v) is 4.62. The largest absolute Gasteiger partial charge is 0.312 e. The van der Waals surface area contributed by atoms with Gasteiger partial charge in [-0.05, 0) is 25.1 Å². The van der Waals surface area contributed by atoms with E-state index in [2.05, 4.69) is 0 Å². The van der Waals surface area contributed by atoms with Gasteiger partial charge in [-0.25, -0.2) is 4.39 Å². The molecule has 0 aromatic heterocycles. The molecule has 15 heavy (non-hydrogen) atoms. The highest BCUT2D eigenvalue weighted by molar-refractivity contribution is 5.94. The van der Waals surface area contributed by atoms with E-state index in [0.29, 0.717) is 12.2 Å². The third-order valence-electron chi connectivity index (χ3n) is 1.97. The Balaban J connectivity index is 2.93. The molecule has 0 radical (unpaired) electrons. The summed E-state index contributed by atoms with van der Waals surface area (Å²) in [5.41, 5.74) is 0.484. The van der Waals surface area contributed by atoms with Gasteiger partial charge in [0, 0.05) is 12.2 Å². The Bertz CT molecular complexity index is 398. The Kier molecular flexibility index (Phi) is 3.81. The fourth-order valence-corrected chi connectivity index (χ4v) is 1.31. The number of hydrogen-bond donors (Lipinski definition) is 0. The summed E-state index contributed by atoms with van der Waals surface area (Å²) < 4.78 is 12.9. The molecule has 1 aromatic carbocycles. The van der Waals surface area contributed by atoms with Crippen LogP contribution in [0.15, 0.2) is 24.3 Å². The lowest BCUT2D eigenvalue weighted by Crippen LogP contribution is -2.30. The van der Waals surface area contributed by atoms with Crippen molar-refractivity contribution in [3.8, 4) is 6.07 Å². The first-order valence-electron chi connectivity index (χ1n) is 4.62. The van der Waals surface area contributed by atoms with Gasteiger partial charge < -0.3 is 4.90 Å². The van der Waals surface area contributed by atoms with Gasteiger partial charge in [0.2, 0.25) is 5.91 Å². The lowest BCUT2D eigenvalue weighted by molar-refractivity contribution is -0.117. The maximum absolute atomic E-state index is 12.9. The number of benzene rings is 1. The lowest BCUT2D eigenvalue weighted by Gasteiger charge is -2.19. The van der Waals surface area contributed by atoms with Crippen LogP contribution in [0.3, 0.4) is 0 Å². The minimum absolute atomic E-state index is 0.190. The molecule has 0 spiro atoms. The number of carbonyl (C=O) groups is 1. The molecule has 1 amide bonds. The predicted octanol–water partition coefficient (Wildman–Crippen LogP) is 2.09. The molecule has 0 saturated carbocycles. The normalized spacial score (nSPS) is 9.40. The van der Waals surface area contributed by atoms with E-state index in [4.69, 9.17) is 5.26 Å². The molecule has 0 aliphatic rings. The highest BCUT2D eigenvalue weighted by Crippen LogP contribution is 2.16. The van der Waals surface area contributed by atoms with Crippen LogP contribution in [0.2, 0.25) is 0 Å². The lowest BCUT2D eigenvalue weighted by atomic mass is 10.2. The van der Waals surface area contributed by atoms with Crippen molar-refractivity contribution in [1.29, 1.82) is 5.26 Å². The van der Waals surface area contributed by atoms with E-state index < -0.39 is 5.82 Å². The first kappa shape index (κ1) is 11.2. The average molecular weight is 206 g/mol. The zero-order valence-electron chi connectivity index (χ0n) is 8.40. The predicted molar refractivity (Wildman–Crippen MR) is 54.7 cm³/mol. The molecule has 1 aromatic rings. The van der Waals surface area contributed by atoms with E-state index in [9.17, 15) is 9.18 Å². The van der Waals surface area contributed by atoms with E-state index in [1.54, 1.807) is 19.1 Å². The number of amides is 1. The van der Waals surface area contributed by atoms with Crippen molar-refractivity contribution in [3.63, 3.8) is 0 Å². The smallest absolute Gasteiger partial charge is 0.241 e. The van der Waals surface area contributed by atoms with Crippen LogP contribution in [-0.2, 0) is 4.79 Å². The Morgan fingerprint density at radius 1 is 1.60 bits per heavy atom. The SMILES string of the molecule is CCN(C(=O)CC#N)c1cccc(F)c1. The number of nitriles is 1. The number of nitrogens with zero attached hydrogens (tertiary/aromatic N) is 2. The van der Waals surface area contributed by atoms with Gasteiger partial charge in [0.05, 0.1) is 6.07 Å². The summed E-state index contributed by atoms with van der Waals surface area (Å²) in [4.78, 5) is 12.8. The van der Waals surface area contributed by atoms with Gasteiger partial charge in [-0.1, -0.05) is 6.07 Å². The number of halogens is 1. The number of hydrogen-bond acceptors (Lipinski definition) is 2.